The Labute approximate surface area is 61.7 Å². The number of hydrogen-bond donors (Lipinski definition) is 1. The predicted molar refractivity (Wildman–Crippen MR) is 42.0 cm³/mol. The topological polar surface area (TPSA) is 45.8 Å². The van der Waals surface area contributed by atoms with E-state index in [1.54, 1.807) is 6.08 Å². The molecule has 0 radical (unpaired) electrons. The van der Waals surface area contributed by atoms with Crippen molar-refractivity contribution in [1.82, 2.24) is 10.2 Å². The Morgan fingerprint density at radius 3 is 2.90 bits per heavy atom. The summed E-state index contributed by atoms with van der Waals surface area (Å²) in [5, 5.41) is 6.58. The molecule has 4 heteroatoms. The molecule has 0 unspecified atom stereocenters. The Bertz CT molecular complexity index is 310. The molecule has 0 aromatic carbocycles. The second-order valence-electron chi connectivity index (χ2n) is 1.65. The number of nitrogens with one attached hydrogen (secondary N) is 1. The van der Waals surface area contributed by atoms with E-state index >= 15 is 0 Å². The van der Waals surface area contributed by atoms with Gasteiger partial charge in [0, 0.05) is 5.57 Å². The predicted octanol–water partition coefficient (Wildman–Crippen LogP) is 1.03. The monoisotopic (exact) mass is 154 g/mol. The molecule has 0 aliphatic rings. The number of aromatic nitrogens is 2. The van der Waals surface area contributed by atoms with E-state index in [0.717, 1.165) is 11.3 Å². The van der Waals surface area contributed by atoms with E-state index < -0.39 is 0 Å². The van der Waals surface area contributed by atoms with E-state index in [2.05, 4.69) is 23.4 Å². The Morgan fingerprint density at radius 1 is 1.80 bits per heavy atom. The van der Waals surface area contributed by atoms with Crippen molar-refractivity contribution in [3.8, 4) is 0 Å². The molecular weight excluding hydrogens is 148 g/mol. The molecule has 3 nitrogen and oxygen atoms in total. The first-order chi connectivity index (χ1) is 4.74. The summed E-state index contributed by atoms with van der Waals surface area (Å²) in [6, 6.07) is 0. The minimum absolute atomic E-state index is 0.169. The molecule has 10 heavy (non-hydrogen) atoms. The summed E-state index contributed by atoms with van der Waals surface area (Å²) in [5.41, 5.74) is 0.670. The van der Waals surface area contributed by atoms with Gasteiger partial charge in [0.25, 0.3) is 0 Å². The lowest BCUT2D eigenvalue weighted by atomic mass is 10.3. The number of allylic oxidation sites excluding steroid dienone is 2. The number of nitrogens with zero attached hydrogens (tertiary/aromatic N) is 1. The summed E-state index contributed by atoms with van der Waals surface area (Å²) in [7, 11) is 0. The van der Waals surface area contributed by atoms with Crippen LogP contribution in [-0.2, 0) is 0 Å². The Kier molecular flexibility index (Phi) is 1.82. The molecule has 52 valence electrons. The van der Waals surface area contributed by atoms with Gasteiger partial charge in [-0.05, 0) is 0 Å². The minimum atomic E-state index is -0.169. The van der Waals surface area contributed by atoms with Crippen LogP contribution in [0.4, 0.5) is 0 Å². The number of aromatic amines is 1. The van der Waals surface area contributed by atoms with Gasteiger partial charge >= 0.3 is 4.87 Å². The van der Waals surface area contributed by atoms with E-state index in [0.29, 0.717) is 10.6 Å². The summed E-state index contributed by atoms with van der Waals surface area (Å²) >= 11 is 1.03. The van der Waals surface area contributed by atoms with Crippen LogP contribution in [0, 0.1) is 0 Å². The molecule has 0 amide bonds. The molecule has 0 saturated carbocycles. The Hall–Kier alpha value is -1.16. The molecule has 1 aromatic heterocycles. The molecule has 0 atom stereocenters. The molecule has 0 saturated heterocycles. The van der Waals surface area contributed by atoms with Crippen LogP contribution in [0.15, 0.2) is 24.0 Å². The van der Waals surface area contributed by atoms with Crippen molar-refractivity contribution in [2.45, 2.75) is 0 Å². The molecule has 0 spiro atoms. The summed E-state index contributed by atoms with van der Waals surface area (Å²) < 4.78 is 0. The van der Waals surface area contributed by atoms with Gasteiger partial charge in [-0.25, -0.2) is 5.10 Å². The normalized spacial score (nSPS) is 9.20. The number of H-pyrrole nitrogens is 1. The van der Waals surface area contributed by atoms with Crippen molar-refractivity contribution in [3.63, 3.8) is 0 Å². The Morgan fingerprint density at radius 2 is 2.50 bits per heavy atom. The lowest BCUT2D eigenvalue weighted by Crippen LogP contribution is -1.90. The molecule has 1 aromatic rings. The maximum atomic E-state index is 10.5. The zero-order chi connectivity index (χ0) is 7.56. The van der Waals surface area contributed by atoms with E-state index in [1.165, 1.54) is 0 Å². The summed E-state index contributed by atoms with van der Waals surface area (Å²) in [4.78, 5) is 10.4. The molecule has 1 rings (SSSR count). The van der Waals surface area contributed by atoms with Gasteiger partial charge in [-0.1, -0.05) is 30.6 Å². The first-order valence-electron chi connectivity index (χ1n) is 2.61. The second kappa shape index (κ2) is 2.62. The van der Waals surface area contributed by atoms with Crippen LogP contribution in [0.25, 0.3) is 5.57 Å². The molecule has 1 N–H and O–H groups in total. The quantitative estimate of drug-likeness (QED) is 0.647. The third-order valence-electron chi connectivity index (χ3n) is 0.959. The van der Waals surface area contributed by atoms with Gasteiger partial charge in [0.05, 0.1) is 0 Å². The van der Waals surface area contributed by atoms with Crippen LogP contribution in [0.3, 0.4) is 0 Å². The van der Waals surface area contributed by atoms with Crippen LogP contribution in [-0.4, -0.2) is 10.2 Å². The fourth-order valence-electron chi connectivity index (χ4n) is 0.455. The fourth-order valence-corrected chi connectivity index (χ4v) is 1.03. The van der Waals surface area contributed by atoms with Gasteiger partial charge < -0.3 is 0 Å². The van der Waals surface area contributed by atoms with Crippen molar-refractivity contribution >= 4 is 16.9 Å². The molecule has 0 bridgehead atoms. The van der Waals surface area contributed by atoms with E-state index in [-0.39, 0.29) is 4.87 Å². The number of rotatable bonds is 2. The highest BCUT2D eigenvalue weighted by Gasteiger charge is 1.98. The summed E-state index contributed by atoms with van der Waals surface area (Å²) in [6.07, 6.45) is 1.56. The molecule has 1 heterocycles. The van der Waals surface area contributed by atoms with Gasteiger partial charge in [-0.15, -0.1) is 0 Å². The van der Waals surface area contributed by atoms with Crippen molar-refractivity contribution in [3.05, 3.63) is 33.9 Å². The molecule has 0 aliphatic carbocycles. The van der Waals surface area contributed by atoms with Gasteiger partial charge in [0.15, 0.2) is 0 Å². The Balaban J connectivity index is 3.06. The van der Waals surface area contributed by atoms with Crippen LogP contribution in [0.5, 0.6) is 0 Å². The third kappa shape index (κ3) is 1.22. The maximum Gasteiger partial charge on any atom is 0.322 e. The van der Waals surface area contributed by atoms with Crippen molar-refractivity contribution in [1.29, 1.82) is 0 Å². The van der Waals surface area contributed by atoms with Crippen molar-refractivity contribution in [2.75, 3.05) is 0 Å². The van der Waals surface area contributed by atoms with Gasteiger partial charge in [-0.2, -0.15) is 5.10 Å². The van der Waals surface area contributed by atoms with Crippen molar-refractivity contribution in [2.24, 2.45) is 0 Å². The zero-order valence-electron chi connectivity index (χ0n) is 5.26. The van der Waals surface area contributed by atoms with E-state index in [4.69, 9.17) is 0 Å². The number of hydrogen-bond acceptors (Lipinski definition) is 3. The third-order valence-corrected chi connectivity index (χ3v) is 1.78. The minimum Gasteiger partial charge on any atom is -0.255 e. The van der Waals surface area contributed by atoms with Crippen LogP contribution in [0.2, 0.25) is 0 Å². The van der Waals surface area contributed by atoms with Gasteiger partial charge in [0.1, 0.15) is 5.01 Å². The average Bonchev–Trinajstić information content (AvgIpc) is 2.34. The lowest BCUT2D eigenvalue weighted by molar-refractivity contribution is 1.05. The van der Waals surface area contributed by atoms with Crippen LogP contribution < -0.4 is 4.87 Å². The van der Waals surface area contributed by atoms with Crippen LogP contribution in [0.1, 0.15) is 5.01 Å². The first kappa shape index (κ1) is 6.95. The highest BCUT2D eigenvalue weighted by atomic mass is 32.1. The standard InChI is InChI=1S/C6H6N2OS/c1-3-4(2)5-7-8-6(9)10-5/h3H,1-2H2,(H,8,9). The molecule has 0 fully saturated rings. The molecule has 0 aliphatic heterocycles. The largest absolute Gasteiger partial charge is 0.322 e. The highest BCUT2D eigenvalue weighted by Crippen LogP contribution is 2.10. The maximum absolute atomic E-state index is 10.5. The average molecular weight is 154 g/mol. The van der Waals surface area contributed by atoms with E-state index in [9.17, 15) is 4.79 Å². The smallest absolute Gasteiger partial charge is 0.255 e. The lowest BCUT2D eigenvalue weighted by Gasteiger charge is -1.85. The van der Waals surface area contributed by atoms with Crippen molar-refractivity contribution < 1.29 is 0 Å². The fraction of sp³-hybridized carbons (Fsp3) is 0. The zero-order valence-corrected chi connectivity index (χ0v) is 6.07. The van der Waals surface area contributed by atoms with Gasteiger partial charge in [-0.3, -0.25) is 4.79 Å². The van der Waals surface area contributed by atoms with Crippen LogP contribution >= 0.6 is 11.3 Å². The van der Waals surface area contributed by atoms with Gasteiger partial charge in [0.2, 0.25) is 0 Å². The second-order valence-corrected chi connectivity index (χ2v) is 2.61. The SMILES string of the molecule is C=CC(=C)c1n[nH]c(=O)s1. The first-order valence-corrected chi connectivity index (χ1v) is 3.43. The molecular formula is C6H6N2OS. The summed E-state index contributed by atoms with van der Waals surface area (Å²) in [5.74, 6) is 0. The van der Waals surface area contributed by atoms with E-state index in [1.807, 2.05) is 0 Å². The highest BCUT2D eigenvalue weighted by molar-refractivity contribution is 7.10. The summed E-state index contributed by atoms with van der Waals surface area (Å²) in [6.45, 7) is 7.13.